The zero-order valence-corrected chi connectivity index (χ0v) is 30.1. The fourth-order valence-corrected chi connectivity index (χ4v) is 4.94. The van der Waals surface area contributed by atoms with Crippen molar-refractivity contribution in [1.82, 2.24) is 15.5 Å². The first-order chi connectivity index (χ1) is 22.1. The predicted octanol–water partition coefficient (Wildman–Crippen LogP) is 5.28. The molecule has 0 aromatic heterocycles. The van der Waals surface area contributed by atoms with Crippen molar-refractivity contribution in [3.8, 4) is 0 Å². The summed E-state index contributed by atoms with van der Waals surface area (Å²) in [6, 6.07) is 12.8. The van der Waals surface area contributed by atoms with Crippen molar-refractivity contribution in [3.63, 3.8) is 0 Å². The minimum Gasteiger partial charge on any atom is -0.458 e. The zero-order valence-electron chi connectivity index (χ0n) is 30.1. The van der Waals surface area contributed by atoms with E-state index in [0.29, 0.717) is 12.0 Å². The molecular formula is C37H54N4O7. The van der Waals surface area contributed by atoms with Gasteiger partial charge >= 0.3 is 12.1 Å². The number of carbonyl (C=O) groups is 5. The Morgan fingerprint density at radius 3 is 1.85 bits per heavy atom. The first kappa shape index (κ1) is 39.8. The van der Waals surface area contributed by atoms with Crippen LogP contribution in [0.15, 0.2) is 54.6 Å². The van der Waals surface area contributed by atoms with E-state index in [1.807, 2.05) is 70.2 Å². The van der Waals surface area contributed by atoms with Gasteiger partial charge in [-0.05, 0) is 86.3 Å². The van der Waals surface area contributed by atoms with Crippen LogP contribution in [0, 0.1) is 6.92 Å². The van der Waals surface area contributed by atoms with E-state index in [-0.39, 0.29) is 19.3 Å². The van der Waals surface area contributed by atoms with Crippen LogP contribution in [0.5, 0.6) is 0 Å². The molecule has 3 unspecified atom stereocenters. The molecule has 3 atom stereocenters. The average Bonchev–Trinajstić information content (AvgIpc) is 2.96. The van der Waals surface area contributed by atoms with Gasteiger partial charge in [0.25, 0.3) is 0 Å². The van der Waals surface area contributed by atoms with Crippen LogP contribution in [-0.2, 0) is 35.1 Å². The molecule has 48 heavy (non-hydrogen) atoms. The molecule has 0 heterocycles. The lowest BCUT2D eigenvalue weighted by Gasteiger charge is -2.45. The number of hydrogen-bond donors (Lipinski definition) is 3. The van der Waals surface area contributed by atoms with E-state index >= 15 is 0 Å². The number of rotatable bonds is 14. The third-order valence-electron chi connectivity index (χ3n) is 7.61. The van der Waals surface area contributed by atoms with Gasteiger partial charge in [0.05, 0.1) is 0 Å². The molecule has 4 amide bonds. The summed E-state index contributed by atoms with van der Waals surface area (Å²) in [6.07, 6.45) is -0.618. The van der Waals surface area contributed by atoms with Gasteiger partial charge in [0.15, 0.2) is 0 Å². The van der Waals surface area contributed by atoms with E-state index in [1.165, 1.54) is 4.90 Å². The number of aryl methyl sites for hydroxylation is 1. The second-order valence-corrected chi connectivity index (χ2v) is 14.7. The van der Waals surface area contributed by atoms with Gasteiger partial charge in [0, 0.05) is 18.4 Å². The van der Waals surface area contributed by atoms with Crippen LogP contribution >= 0.6 is 0 Å². The molecule has 11 heteroatoms. The van der Waals surface area contributed by atoms with E-state index in [9.17, 15) is 24.0 Å². The quantitative estimate of drug-likeness (QED) is 0.232. The van der Waals surface area contributed by atoms with Gasteiger partial charge in [-0.3, -0.25) is 14.4 Å². The summed E-state index contributed by atoms with van der Waals surface area (Å²) in [7, 11) is 0. The lowest BCUT2D eigenvalue weighted by molar-refractivity contribution is -0.159. The molecule has 0 radical (unpaired) electrons. The van der Waals surface area contributed by atoms with Crippen LogP contribution in [0.1, 0.15) is 104 Å². The van der Waals surface area contributed by atoms with E-state index in [4.69, 9.17) is 15.2 Å². The molecule has 0 spiro atoms. The summed E-state index contributed by atoms with van der Waals surface area (Å²) in [4.78, 5) is 69.0. The number of nitrogens with one attached hydrogen (secondary N) is 2. The van der Waals surface area contributed by atoms with Crippen molar-refractivity contribution in [2.75, 3.05) is 0 Å². The Labute approximate surface area is 285 Å². The second-order valence-electron chi connectivity index (χ2n) is 14.7. The summed E-state index contributed by atoms with van der Waals surface area (Å²) in [5, 5.41) is 5.51. The predicted molar refractivity (Wildman–Crippen MR) is 185 cm³/mol. The van der Waals surface area contributed by atoms with Crippen LogP contribution in [0.3, 0.4) is 0 Å². The number of carbonyl (C=O) groups excluding carboxylic acids is 5. The van der Waals surface area contributed by atoms with E-state index in [2.05, 4.69) is 10.6 Å². The number of amides is 4. The van der Waals surface area contributed by atoms with Crippen LogP contribution < -0.4 is 16.4 Å². The molecule has 0 bridgehead atoms. The van der Waals surface area contributed by atoms with Gasteiger partial charge in [-0.15, -0.1) is 0 Å². The third kappa shape index (κ3) is 12.7. The highest BCUT2D eigenvalue weighted by atomic mass is 16.6. The minimum atomic E-state index is -1.26. The molecule has 2 aromatic carbocycles. The fraction of sp³-hybridized carbons (Fsp3) is 0.541. The van der Waals surface area contributed by atoms with Crippen LogP contribution in [-0.4, -0.2) is 63.5 Å². The number of nitrogens with zero attached hydrogens (tertiary/aromatic N) is 1. The number of esters is 1. The Balaban J connectivity index is 2.70. The van der Waals surface area contributed by atoms with Gasteiger partial charge < -0.3 is 30.7 Å². The summed E-state index contributed by atoms with van der Waals surface area (Å²) in [6.45, 7) is 17.7. The summed E-state index contributed by atoms with van der Waals surface area (Å²) >= 11 is 0. The van der Waals surface area contributed by atoms with Crippen LogP contribution in [0.2, 0.25) is 0 Å². The zero-order chi connectivity index (χ0) is 36.4. The maximum Gasteiger partial charge on any atom is 0.408 e. The highest BCUT2D eigenvalue weighted by Crippen LogP contribution is 2.33. The van der Waals surface area contributed by atoms with Crippen molar-refractivity contribution in [2.45, 2.75) is 130 Å². The number of benzene rings is 2. The van der Waals surface area contributed by atoms with Gasteiger partial charge in [-0.2, -0.15) is 0 Å². The molecule has 0 saturated heterocycles. The Morgan fingerprint density at radius 1 is 0.792 bits per heavy atom. The first-order valence-corrected chi connectivity index (χ1v) is 16.4. The molecule has 0 fully saturated rings. The smallest absolute Gasteiger partial charge is 0.408 e. The molecule has 11 nitrogen and oxygen atoms in total. The van der Waals surface area contributed by atoms with Crippen LogP contribution in [0.4, 0.5) is 4.79 Å². The second kappa shape index (κ2) is 16.6. The largest absolute Gasteiger partial charge is 0.458 e. The summed E-state index contributed by atoms with van der Waals surface area (Å²) in [5.74, 6) is -2.52. The number of ether oxygens (including phenoxy) is 2. The van der Waals surface area contributed by atoms with Gasteiger partial charge in [0.1, 0.15) is 29.3 Å². The topological polar surface area (TPSA) is 157 Å². The standard InChI is InChI=1S/C37H54N4O7/c1-11-37(9,10)41(32(44)27(21-22-29(38)42)40-34(46)48-36(6,7)8)30(26-19-17-24(2)18-20-26)31(43)39-28(33(45)47-35(3,4)5)23-25-15-13-12-14-16-25/h12-20,27-28,30H,11,21-23H2,1-10H3,(H2,38,42)(H,39,43)(H,40,46). The summed E-state index contributed by atoms with van der Waals surface area (Å²) < 4.78 is 11.1. The molecule has 2 aromatic rings. The van der Waals surface area contributed by atoms with Crippen molar-refractivity contribution < 1.29 is 33.4 Å². The lowest BCUT2D eigenvalue weighted by atomic mass is 9.91. The Bertz CT molecular complexity index is 1410. The van der Waals surface area contributed by atoms with Crippen molar-refractivity contribution >= 4 is 29.8 Å². The molecule has 4 N–H and O–H groups in total. The molecule has 0 aliphatic heterocycles. The molecule has 0 aliphatic rings. The molecular weight excluding hydrogens is 612 g/mol. The minimum absolute atomic E-state index is 0.125. The maximum atomic E-state index is 14.7. The lowest BCUT2D eigenvalue weighted by Crippen LogP contribution is -2.60. The first-order valence-electron chi connectivity index (χ1n) is 16.4. The average molecular weight is 667 g/mol. The highest BCUT2D eigenvalue weighted by Gasteiger charge is 2.44. The SMILES string of the molecule is CCC(C)(C)N(C(=O)C(CCC(N)=O)NC(=O)OC(C)(C)C)C(C(=O)NC(Cc1ccccc1)C(=O)OC(C)(C)C)c1ccc(C)cc1. The molecule has 0 aliphatic carbocycles. The van der Waals surface area contributed by atoms with E-state index in [1.54, 1.807) is 53.7 Å². The van der Waals surface area contributed by atoms with E-state index in [0.717, 1.165) is 11.1 Å². The number of nitrogens with two attached hydrogens (primary N) is 1. The molecule has 0 saturated carbocycles. The Hall–Kier alpha value is -4.41. The van der Waals surface area contributed by atoms with Gasteiger partial charge in [-0.1, -0.05) is 67.1 Å². The maximum absolute atomic E-state index is 14.7. The Morgan fingerprint density at radius 2 is 1.35 bits per heavy atom. The van der Waals surface area contributed by atoms with Gasteiger partial charge in [0.2, 0.25) is 17.7 Å². The number of alkyl carbamates (subject to hydrolysis) is 1. The van der Waals surface area contributed by atoms with Crippen molar-refractivity contribution in [3.05, 3.63) is 71.3 Å². The fourth-order valence-electron chi connectivity index (χ4n) is 4.94. The number of hydrogen-bond acceptors (Lipinski definition) is 7. The normalized spacial score (nSPS) is 13.8. The van der Waals surface area contributed by atoms with Crippen LogP contribution in [0.25, 0.3) is 0 Å². The van der Waals surface area contributed by atoms with Crippen molar-refractivity contribution in [2.24, 2.45) is 5.73 Å². The molecule has 2 rings (SSSR count). The van der Waals surface area contributed by atoms with Crippen molar-refractivity contribution in [1.29, 1.82) is 0 Å². The number of primary amides is 1. The van der Waals surface area contributed by atoms with Gasteiger partial charge in [-0.25, -0.2) is 9.59 Å². The van der Waals surface area contributed by atoms with E-state index < -0.39 is 64.7 Å². The Kier molecular flexibility index (Phi) is 13.8. The summed E-state index contributed by atoms with van der Waals surface area (Å²) in [5.41, 5.74) is 5.05. The molecule has 264 valence electrons. The monoisotopic (exact) mass is 666 g/mol. The third-order valence-corrected chi connectivity index (χ3v) is 7.61. The highest BCUT2D eigenvalue weighted by molar-refractivity contribution is 5.94.